The lowest BCUT2D eigenvalue weighted by molar-refractivity contribution is -0.124. The van der Waals surface area contributed by atoms with Crippen LogP contribution in [0.2, 0.25) is 0 Å². The van der Waals surface area contributed by atoms with Gasteiger partial charge in [0.1, 0.15) is 0 Å². The van der Waals surface area contributed by atoms with E-state index >= 15 is 0 Å². The predicted molar refractivity (Wildman–Crippen MR) is 84.6 cm³/mol. The number of esters is 1. The molecule has 0 aromatic heterocycles. The van der Waals surface area contributed by atoms with Gasteiger partial charge in [-0.3, -0.25) is 4.79 Å². The molecule has 2 aromatic rings. The first-order valence-corrected chi connectivity index (χ1v) is 7.20. The zero-order chi connectivity index (χ0) is 15.8. The Labute approximate surface area is 130 Å². The van der Waals surface area contributed by atoms with Gasteiger partial charge in [0, 0.05) is 6.54 Å². The molecule has 0 bridgehead atoms. The van der Waals surface area contributed by atoms with Gasteiger partial charge in [-0.15, -0.1) is 0 Å². The molecule has 4 nitrogen and oxygen atoms in total. The number of ether oxygens (including phenoxy) is 1. The minimum Gasteiger partial charge on any atom is -0.452 e. The number of nitrogens with one attached hydrogen (secondary N) is 1. The molecule has 0 aliphatic rings. The second-order valence-electron chi connectivity index (χ2n) is 5.06. The maximum atomic E-state index is 11.7. The van der Waals surface area contributed by atoms with Crippen molar-refractivity contribution in [3.05, 3.63) is 71.8 Å². The first-order valence-electron chi connectivity index (χ1n) is 7.20. The Morgan fingerprint density at radius 3 is 2.23 bits per heavy atom. The highest BCUT2D eigenvalue weighted by atomic mass is 16.5. The lowest BCUT2D eigenvalue weighted by Crippen LogP contribution is -2.31. The number of carbonyl (C=O) groups is 2. The van der Waals surface area contributed by atoms with Crippen LogP contribution < -0.4 is 5.32 Å². The SMILES string of the molecule is C[C@@H](CNC(=O)COC(=O)c1ccccc1)c1ccccc1. The molecule has 0 saturated carbocycles. The summed E-state index contributed by atoms with van der Waals surface area (Å²) in [5.41, 5.74) is 1.59. The molecule has 0 saturated heterocycles. The Balaban J connectivity index is 1.73. The maximum Gasteiger partial charge on any atom is 0.338 e. The van der Waals surface area contributed by atoms with Crippen LogP contribution in [-0.4, -0.2) is 25.0 Å². The molecule has 0 radical (unpaired) electrons. The summed E-state index contributed by atoms with van der Waals surface area (Å²) in [7, 11) is 0. The van der Waals surface area contributed by atoms with Gasteiger partial charge >= 0.3 is 5.97 Å². The molecule has 0 spiro atoms. The topological polar surface area (TPSA) is 55.4 Å². The van der Waals surface area contributed by atoms with Crippen LogP contribution in [0.3, 0.4) is 0 Å². The summed E-state index contributed by atoms with van der Waals surface area (Å²) in [5.74, 6) is -0.589. The predicted octanol–water partition coefficient (Wildman–Crippen LogP) is 2.76. The second kappa shape index (κ2) is 7.98. The first-order chi connectivity index (χ1) is 10.7. The minimum absolute atomic E-state index is 0.204. The van der Waals surface area contributed by atoms with Gasteiger partial charge < -0.3 is 10.1 Å². The van der Waals surface area contributed by atoms with E-state index in [1.807, 2.05) is 43.3 Å². The van der Waals surface area contributed by atoms with Gasteiger partial charge in [-0.2, -0.15) is 0 Å². The van der Waals surface area contributed by atoms with Gasteiger partial charge in [-0.05, 0) is 23.6 Å². The molecule has 1 N–H and O–H groups in total. The number of rotatable bonds is 6. The molecule has 0 unspecified atom stereocenters. The molecule has 1 atom stereocenters. The molecule has 114 valence electrons. The number of carbonyl (C=O) groups excluding carboxylic acids is 2. The Kier molecular flexibility index (Phi) is 5.72. The van der Waals surface area contributed by atoms with Gasteiger partial charge in [0.05, 0.1) is 5.56 Å². The molecule has 1 amide bonds. The van der Waals surface area contributed by atoms with Gasteiger partial charge in [-0.1, -0.05) is 55.5 Å². The quantitative estimate of drug-likeness (QED) is 0.834. The van der Waals surface area contributed by atoms with Crippen LogP contribution >= 0.6 is 0 Å². The average molecular weight is 297 g/mol. The van der Waals surface area contributed by atoms with Gasteiger partial charge in [0.25, 0.3) is 5.91 Å². The molecular weight excluding hydrogens is 278 g/mol. The van der Waals surface area contributed by atoms with E-state index in [2.05, 4.69) is 5.32 Å². The Morgan fingerprint density at radius 1 is 1.00 bits per heavy atom. The van der Waals surface area contributed by atoms with Crippen molar-refractivity contribution in [2.24, 2.45) is 0 Å². The summed E-state index contributed by atoms with van der Waals surface area (Å²) in [6.07, 6.45) is 0. The molecule has 0 heterocycles. The molecule has 4 heteroatoms. The van der Waals surface area contributed by atoms with Crippen molar-refractivity contribution in [2.45, 2.75) is 12.8 Å². The van der Waals surface area contributed by atoms with Crippen molar-refractivity contribution >= 4 is 11.9 Å². The van der Waals surface area contributed by atoms with E-state index in [1.165, 1.54) is 0 Å². The Bertz CT molecular complexity index is 611. The van der Waals surface area contributed by atoms with Crippen LogP contribution in [0.25, 0.3) is 0 Å². The molecule has 0 aliphatic heterocycles. The third-order valence-electron chi connectivity index (χ3n) is 3.32. The Hall–Kier alpha value is -2.62. The maximum absolute atomic E-state index is 11.7. The van der Waals surface area contributed by atoms with E-state index in [0.717, 1.165) is 5.56 Å². The van der Waals surface area contributed by atoms with Crippen LogP contribution in [0.4, 0.5) is 0 Å². The molecule has 22 heavy (non-hydrogen) atoms. The summed E-state index contributed by atoms with van der Waals surface area (Å²) in [4.78, 5) is 23.4. The van der Waals surface area contributed by atoms with Crippen molar-refractivity contribution in [3.8, 4) is 0 Å². The Morgan fingerprint density at radius 2 is 1.59 bits per heavy atom. The van der Waals surface area contributed by atoms with Crippen molar-refractivity contribution in [1.82, 2.24) is 5.32 Å². The number of benzene rings is 2. The van der Waals surface area contributed by atoms with E-state index in [1.54, 1.807) is 24.3 Å². The monoisotopic (exact) mass is 297 g/mol. The van der Waals surface area contributed by atoms with E-state index in [9.17, 15) is 9.59 Å². The molecule has 0 aliphatic carbocycles. The second-order valence-corrected chi connectivity index (χ2v) is 5.06. The average Bonchev–Trinajstić information content (AvgIpc) is 2.59. The fourth-order valence-electron chi connectivity index (χ4n) is 2.01. The van der Waals surface area contributed by atoms with E-state index in [0.29, 0.717) is 12.1 Å². The molecule has 0 fully saturated rings. The van der Waals surface area contributed by atoms with Crippen LogP contribution in [0, 0.1) is 0 Å². The fourth-order valence-corrected chi connectivity index (χ4v) is 2.01. The van der Waals surface area contributed by atoms with Crippen LogP contribution in [0.15, 0.2) is 60.7 Å². The van der Waals surface area contributed by atoms with Crippen LogP contribution in [-0.2, 0) is 9.53 Å². The van der Waals surface area contributed by atoms with E-state index in [-0.39, 0.29) is 18.4 Å². The number of amides is 1. The highest BCUT2D eigenvalue weighted by Crippen LogP contribution is 2.12. The van der Waals surface area contributed by atoms with Crippen molar-refractivity contribution in [2.75, 3.05) is 13.2 Å². The summed E-state index contributed by atoms with van der Waals surface area (Å²) < 4.78 is 4.98. The van der Waals surface area contributed by atoms with Gasteiger partial charge in [0.2, 0.25) is 0 Å². The lowest BCUT2D eigenvalue weighted by Gasteiger charge is -2.13. The van der Waals surface area contributed by atoms with E-state index in [4.69, 9.17) is 4.74 Å². The normalized spacial score (nSPS) is 11.5. The summed E-state index contributed by atoms with van der Waals surface area (Å²) >= 11 is 0. The lowest BCUT2D eigenvalue weighted by atomic mass is 10.0. The standard InChI is InChI=1S/C18H19NO3/c1-14(15-8-4-2-5-9-15)12-19-17(20)13-22-18(21)16-10-6-3-7-11-16/h2-11,14H,12-13H2,1H3,(H,19,20)/t14-/m0/s1. The third-order valence-corrected chi connectivity index (χ3v) is 3.32. The summed E-state index contributed by atoms with van der Waals surface area (Å²) in [5, 5.41) is 2.77. The van der Waals surface area contributed by atoms with Crippen molar-refractivity contribution < 1.29 is 14.3 Å². The van der Waals surface area contributed by atoms with Crippen molar-refractivity contribution in [1.29, 1.82) is 0 Å². The highest BCUT2D eigenvalue weighted by molar-refractivity contribution is 5.91. The smallest absolute Gasteiger partial charge is 0.338 e. The summed E-state index contributed by atoms with van der Waals surface area (Å²) in [6, 6.07) is 18.5. The molecule has 2 aromatic carbocycles. The van der Waals surface area contributed by atoms with Gasteiger partial charge in [0.15, 0.2) is 6.61 Å². The van der Waals surface area contributed by atoms with Crippen LogP contribution in [0.1, 0.15) is 28.8 Å². The largest absolute Gasteiger partial charge is 0.452 e. The van der Waals surface area contributed by atoms with Crippen molar-refractivity contribution in [3.63, 3.8) is 0 Å². The number of hydrogen-bond donors (Lipinski definition) is 1. The molecule has 2 rings (SSSR count). The van der Waals surface area contributed by atoms with E-state index < -0.39 is 5.97 Å². The number of hydrogen-bond acceptors (Lipinski definition) is 3. The zero-order valence-corrected chi connectivity index (χ0v) is 12.5. The highest BCUT2D eigenvalue weighted by Gasteiger charge is 2.11. The zero-order valence-electron chi connectivity index (χ0n) is 12.5. The first kappa shape index (κ1) is 15.8. The van der Waals surface area contributed by atoms with Crippen LogP contribution in [0.5, 0.6) is 0 Å². The molecular formula is C18H19NO3. The van der Waals surface area contributed by atoms with Gasteiger partial charge in [-0.25, -0.2) is 4.79 Å². The minimum atomic E-state index is -0.494. The fraction of sp³-hybridized carbons (Fsp3) is 0.222. The third kappa shape index (κ3) is 4.74. The summed E-state index contributed by atoms with van der Waals surface area (Å²) in [6.45, 7) is 2.27.